The summed E-state index contributed by atoms with van der Waals surface area (Å²) in [5, 5.41) is 4.56. The predicted octanol–water partition coefficient (Wildman–Crippen LogP) is -0.000300. The number of hydrogen-bond donors (Lipinski definition) is 1. The summed E-state index contributed by atoms with van der Waals surface area (Å²) in [5.41, 5.74) is 0. The van der Waals surface area contributed by atoms with E-state index in [1.807, 2.05) is 0 Å². The van der Waals surface area contributed by atoms with Crippen molar-refractivity contribution in [1.82, 2.24) is 0 Å². The zero-order chi connectivity index (χ0) is 8.32. The van der Waals surface area contributed by atoms with Crippen molar-refractivity contribution in [3.63, 3.8) is 0 Å². The van der Waals surface area contributed by atoms with Crippen LogP contribution in [0.2, 0.25) is 0 Å². The van der Waals surface area contributed by atoms with E-state index in [1.54, 1.807) is 12.1 Å². The van der Waals surface area contributed by atoms with Gasteiger partial charge in [0.25, 0.3) is 0 Å². The Hall–Kier alpha value is -0.850. The van der Waals surface area contributed by atoms with Gasteiger partial charge in [-0.15, -0.1) is 0 Å². The molecule has 0 spiro atoms. The van der Waals surface area contributed by atoms with Gasteiger partial charge in [-0.3, -0.25) is 4.18 Å². The predicted molar refractivity (Wildman–Crippen MR) is 36.6 cm³/mol. The molecule has 0 unspecified atom stereocenters. The maximum Gasteiger partial charge on any atom is 0.333 e. The maximum absolute atomic E-state index is 10.2. The van der Waals surface area contributed by atoms with Crippen LogP contribution in [0.3, 0.4) is 0 Å². The average molecular weight is 177 g/mol. The summed E-state index contributed by atoms with van der Waals surface area (Å²) >= 11 is 0. The lowest BCUT2D eigenvalue weighted by atomic mass is 10.5. The lowest BCUT2D eigenvalue weighted by Crippen LogP contribution is -2.15. The molecule has 0 bridgehead atoms. The van der Waals surface area contributed by atoms with Crippen LogP contribution in [-0.4, -0.2) is 8.42 Å². The van der Waals surface area contributed by atoms with Crippen molar-refractivity contribution in [2.45, 2.75) is 6.61 Å². The number of furan rings is 1. The highest BCUT2D eigenvalue weighted by molar-refractivity contribution is 7.84. The van der Waals surface area contributed by atoms with Gasteiger partial charge in [0.15, 0.2) is 0 Å². The van der Waals surface area contributed by atoms with Crippen LogP contribution >= 0.6 is 0 Å². The second kappa shape index (κ2) is 3.04. The minimum Gasteiger partial charge on any atom is -0.467 e. The molecule has 1 aromatic heterocycles. The van der Waals surface area contributed by atoms with Crippen LogP contribution in [0.15, 0.2) is 22.8 Å². The summed E-state index contributed by atoms with van der Waals surface area (Å²) < 4.78 is 29.5. The molecule has 1 aromatic rings. The highest BCUT2D eigenvalue weighted by Crippen LogP contribution is 2.02. The highest BCUT2D eigenvalue weighted by Gasteiger charge is 2.03. The summed E-state index contributed by atoms with van der Waals surface area (Å²) in [4.78, 5) is 0. The van der Waals surface area contributed by atoms with Crippen LogP contribution in [-0.2, 0) is 21.1 Å². The van der Waals surface area contributed by atoms with Crippen molar-refractivity contribution < 1.29 is 17.0 Å². The van der Waals surface area contributed by atoms with Crippen molar-refractivity contribution in [3.05, 3.63) is 24.2 Å². The SMILES string of the molecule is NS(=O)(=O)OCc1ccco1. The van der Waals surface area contributed by atoms with Crippen molar-refractivity contribution in [1.29, 1.82) is 0 Å². The topological polar surface area (TPSA) is 82.5 Å². The molecule has 0 saturated carbocycles. The van der Waals surface area contributed by atoms with Crippen LogP contribution in [0.5, 0.6) is 0 Å². The molecule has 0 fully saturated rings. The van der Waals surface area contributed by atoms with E-state index in [1.165, 1.54) is 6.26 Å². The largest absolute Gasteiger partial charge is 0.467 e. The first-order chi connectivity index (χ1) is 5.08. The van der Waals surface area contributed by atoms with Gasteiger partial charge in [0.1, 0.15) is 12.4 Å². The molecule has 0 aromatic carbocycles. The third-order valence-electron chi connectivity index (χ3n) is 0.946. The number of rotatable bonds is 3. The summed E-state index contributed by atoms with van der Waals surface area (Å²) in [6.07, 6.45) is 1.42. The molecule has 0 aliphatic carbocycles. The molecule has 0 aliphatic heterocycles. The molecule has 0 atom stereocenters. The Morgan fingerprint density at radius 1 is 1.64 bits per heavy atom. The second-order valence-electron chi connectivity index (χ2n) is 1.83. The Morgan fingerprint density at radius 3 is 2.82 bits per heavy atom. The molecule has 62 valence electrons. The molecule has 2 N–H and O–H groups in total. The van der Waals surface area contributed by atoms with E-state index in [-0.39, 0.29) is 6.61 Å². The summed E-state index contributed by atoms with van der Waals surface area (Å²) in [5.74, 6) is 0.416. The molecule has 1 rings (SSSR count). The molecule has 0 amide bonds. The Labute approximate surface area is 64.0 Å². The fraction of sp³-hybridized carbons (Fsp3) is 0.200. The van der Waals surface area contributed by atoms with Gasteiger partial charge in [-0.1, -0.05) is 0 Å². The maximum atomic E-state index is 10.2. The lowest BCUT2D eigenvalue weighted by molar-refractivity contribution is 0.275. The zero-order valence-electron chi connectivity index (χ0n) is 5.56. The zero-order valence-corrected chi connectivity index (χ0v) is 6.37. The van der Waals surface area contributed by atoms with E-state index in [9.17, 15) is 8.42 Å². The van der Waals surface area contributed by atoms with Gasteiger partial charge < -0.3 is 4.42 Å². The Balaban J connectivity index is 2.48. The van der Waals surface area contributed by atoms with E-state index >= 15 is 0 Å². The molecule has 11 heavy (non-hydrogen) atoms. The van der Waals surface area contributed by atoms with Crippen LogP contribution in [0.1, 0.15) is 5.76 Å². The standard InChI is InChI=1S/C5H7NO4S/c6-11(7,8)10-4-5-2-1-3-9-5/h1-3H,4H2,(H2,6,7,8). The average Bonchev–Trinajstić information content (AvgIpc) is 2.32. The van der Waals surface area contributed by atoms with Crippen molar-refractivity contribution in [2.24, 2.45) is 5.14 Å². The van der Waals surface area contributed by atoms with Gasteiger partial charge >= 0.3 is 10.3 Å². The van der Waals surface area contributed by atoms with E-state index in [4.69, 9.17) is 4.42 Å². The lowest BCUT2D eigenvalue weighted by Gasteiger charge is -1.95. The van der Waals surface area contributed by atoms with Gasteiger partial charge in [-0.2, -0.15) is 8.42 Å². The van der Waals surface area contributed by atoms with Crippen LogP contribution < -0.4 is 5.14 Å². The molecule has 0 radical (unpaired) electrons. The fourth-order valence-electron chi connectivity index (χ4n) is 0.535. The molecular weight excluding hydrogens is 170 g/mol. The Bertz CT molecular complexity index is 301. The van der Waals surface area contributed by atoms with Gasteiger partial charge in [0.2, 0.25) is 0 Å². The molecule has 1 heterocycles. The molecule has 5 nitrogen and oxygen atoms in total. The summed E-state index contributed by atoms with van der Waals surface area (Å²) in [6.45, 7) is -0.161. The summed E-state index contributed by atoms with van der Waals surface area (Å²) in [7, 11) is -3.86. The van der Waals surface area contributed by atoms with E-state index in [0.717, 1.165) is 0 Å². The molecular formula is C5H7NO4S. The van der Waals surface area contributed by atoms with E-state index < -0.39 is 10.3 Å². The van der Waals surface area contributed by atoms with Crippen molar-refractivity contribution >= 4 is 10.3 Å². The van der Waals surface area contributed by atoms with Crippen LogP contribution in [0, 0.1) is 0 Å². The number of hydrogen-bond acceptors (Lipinski definition) is 4. The smallest absolute Gasteiger partial charge is 0.333 e. The van der Waals surface area contributed by atoms with Gasteiger partial charge in [-0.05, 0) is 12.1 Å². The van der Waals surface area contributed by atoms with Gasteiger partial charge in [0, 0.05) is 0 Å². The highest BCUT2D eigenvalue weighted by atomic mass is 32.2. The fourth-order valence-corrected chi connectivity index (χ4v) is 0.815. The first-order valence-electron chi connectivity index (χ1n) is 2.77. The van der Waals surface area contributed by atoms with Crippen molar-refractivity contribution in [2.75, 3.05) is 0 Å². The van der Waals surface area contributed by atoms with Crippen molar-refractivity contribution in [3.8, 4) is 0 Å². The summed E-state index contributed by atoms with van der Waals surface area (Å²) in [6, 6.07) is 3.22. The first-order valence-corrected chi connectivity index (χ1v) is 4.24. The minimum atomic E-state index is -3.86. The van der Waals surface area contributed by atoms with Gasteiger partial charge in [-0.25, -0.2) is 5.14 Å². The minimum absolute atomic E-state index is 0.161. The normalized spacial score (nSPS) is 11.7. The first kappa shape index (κ1) is 8.25. The Morgan fingerprint density at radius 2 is 2.36 bits per heavy atom. The number of nitrogens with two attached hydrogens (primary N) is 1. The molecule has 0 saturated heterocycles. The third-order valence-corrected chi connectivity index (χ3v) is 1.39. The third kappa shape index (κ3) is 3.17. The van der Waals surface area contributed by atoms with Gasteiger partial charge in [0.05, 0.1) is 6.26 Å². The van der Waals surface area contributed by atoms with E-state index in [0.29, 0.717) is 5.76 Å². The molecule has 0 aliphatic rings. The monoisotopic (exact) mass is 177 g/mol. The second-order valence-corrected chi connectivity index (χ2v) is 3.06. The molecule has 6 heteroatoms. The quantitative estimate of drug-likeness (QED) is 0.704. The Kier molecular flexibility index (Phi) is 2.28. The van der Waals surface area contributed by atoms with E-state index in [2.05, 4.69) is 9.32 Å². The van der Waals surface area contributed by atoms with Crippen LogP contribution in [0.4, 0.5) is 0 Å². The van der Waals surface area contributed by atoms with Crippen LogP contribution in [0.25, 0.3) is 0 Å².